The number of Topliss-reactive ketones (excluding diaryl/α,β-unsaturated/α-hetero) is 1. The van der Waals surface area contributed by atoms with Crippen molar-refractivity contribution in [1.29, 1.82) is 0 Å². The Labute approximate surface area is 143 Å². The molecule has 25 heavy (non-hydrogen) atoms. The second-order valence-electron chi connectivity index (χ2n) is 6.41. The smallest absolute Gasteiger partial charge is 0.404 e. The molecule has 4 N–H and O–H groups in total. The van der Waals surface area contributed by atoms with E-state index in [-0.39, 0.29) is 41.6 Å². The first-order valence-electron chi connectivity index (χ1n) is 7.86. The number of fused-ring (bicyclic) bond motifs is 5. The number of hydrogen-bond acceptors (Lipinski definition) is 8. The number of ketones is 1. The third kappa shape index (κ3) is 1.79. The maximum atomic E-state index is 13.0. The summed E-state index contributed by atoms with van der Waals surface area (Å²) in [6.07, 6.45) is -0.951. The number of aliphatic hydroxyl groups excluding tert-OH is 1. The average Bonchev–Trinajstić information content (AvgIpc) is 3.18. The van der Waals surface area contributed by atoms with Gasteiger partial charge in [-0.2, -0.15) is 0 Å². The molecule has 0 unspecified atom stereocenters. The highest BCUT2D eigenvalue weighted by Gasteiger charge is 2.70. The van der Waals surface area contributed by atoms with Gasteiger partial charge in [-0.1, -0.05) is 0 Å². The second kappa shape index (κ2) is 4.99. The Morgan fingerprint density at radius 2 is 2.20 bits per heavy atom. The first kappa shape index (κ1) is 16.0. The molecule has 3 heterocycles. The zero-order valence-corrected chi connectivity index (χ0v) is 14.1. The Morgan fingerprint density at radius 1 is 1.48 bits per heavy atom. The summed E-state index contributed by atoms with van der Waals surface area (Å²) in [6.45, 7) is 1.97. The van der Waals surface area contributed by atoms with Gasteiger partial charge >= 0.3 is 6.09 Å². The van der Waals surface area contributed by atoms with E-state index in [4.69, 9.17) is 19.9 Å². The molecule has 3 atom stereocenters. The van der Waals surface area contributed by atoms with Crippen LogP contribution in [0.2, 0.25) is 0 Å². The monoisotopic (exact) mass is 349 g/mol. The molecular weight excluding hydrogens is 330 g/mol. The van der Waals surface area contributed by atoms with Gasteiger partial charge in [-0.15, -0.1) is 0 Å². The van der Waals surface area contributed by atoms with Crippen LogP contribution in [0.25, 0.3) is 0 Å². The Morgan fingerprint density at radius 3 is 2.80 bits per heavy atom. The van der Waals surface area contributed by atoms with E-state index >= 15 is 0 Å². The minimum absolute atomic E-state index is 0.0387. The molecule has 0 aromatic rings. The predicted molar refractivity (Wildman–Crippen MR) is 84.1 cm³/mol. The molecule has 0 aromatic carbocycles. The zero-order chi connectivity index (χ0) is 18.1. The number of nitrogens with two attached hydrogens (primary N) is 1. The maximum Gasteiger partial charge on any atom is 0.404 e. The summed E-state index contributed by atoms with van der Waals surface area (Å²) in [6, 6.07) is 0.107. The highest BCUT2D eigenvalue weighted by atomic mass is 16.6. The third-order valence-corrected chi connectivity index (χ3v) is 5.36. The molecule has 4 aliphatic rings. The van der Waals surface area contributed by atoms with Gasteiger partial charge in [0.25, 0.3) is 0 Å². The van der Waals surface area contributed by atoms with E-state index in [1.807, 2.05) is 4.90 Å². The number of ether oxygens (including phenoxy) is 3. The molecule has 0 bridgehead atoms. The summed E-state index contributed by atoms with van der Waals surface area (Å²) in [7, 11) is 2.90. The average molecular weight is 349 g/mol. The first-order valence-corrected chi connectivity index (χ1v) is 7.86. The Balaban J connectivity index is 1.94. The van der Waals surface area contributed by atoms with E-state index in [1.165, 1.54) is 14.2 Å². The summed E-state index contributed by atoms with van der Waals surface area (Å²) < 4.78 is 16.0. The second-order valence-corrected chi connectivity index (χ2v) is 6.41. The summed E-state index contributed by atoms with van der Waals surface area (Å²) in [5.41, 5.74) is 5.56. The van der Waals surface area contributed by atoms with E-state index in [1.54, 1.807) is 6.92 Å². The molecular formula is C16H19N3O6. The molecule has 3 aliphatic heterocycles. The van der Waals surface area contributed by atoms with E-state index in [0.29, 0.717) is 23.4 Å². The number of carbonyl (C=O) groups excluding carboxylic acids is 2. The van der Waals surface area contributed by atoms with Gasteiger partial charge in [-0.25, -0.2) is 4.79 Å². The van der Waals surface area contributed by atoms with Crippen LogP contribution in [0.3, 0.4) is 0 Å². The number of allylic oxidation sites excluding steroid dienone is 3. The van der Waals surface area contributed by atoms with Crippen LogP contribution in [0.1, 0.15) is 6.92 Å². The Hall–Kier alpha value is -2.52. The fourth-order valence-corrected chi connectivity index (χ4v) is 4.27. The molecule has 1 aliphatic carbocycles. The molecule has 134 valence electrons. The topological polar surface area (TPSA) is 133 Å². The van der Waals surface area contributed by atoms with Gasteiger partial charge in [0.1, 0.15) is 12.4 Å². The lowest BCUT2D eigenvalue weighted by Crippen LogP contribution is -2.51. The number of hydrogen-bond donors (Lipinski definition) is 3. The van der Waals surface area contributed by atoms with E-state index in [0.717, 1.165) is 0 Å². The standard InChI is InChI=1S/C16H19N3O6/c1-6-11(20)10-9(12(21)13(6)23-2)7(5-25-15(17)22)16(24-3)14-8(18-14)4-19(10)16/h8,14,18,20H,4-5H2,1-3H3,(H2,17,22)/t8-,14-,16+/m0/s1. The van der Waals surface area contributed by atoms with Crippen molar-refractivity contribution in [2.75, 3.05) is 27.4 Å². The lowest BCUT2D eigenvalue weighted by atomic mass is 9.90. The number of nitrogens with one attached hydrogen (secondary N) is 1. The van der Waals surface area contributed by atoms with Crippen LogP contribution in [0.4, 0.5) is 4.79 Å². The molecule has 2 fully saturated rings. The van der Waals surface area contributed by atoms with Crippen LogP contribution in [0.5, 0.6) is 0 Å². The number of amides is 1. The Kier molecular flexibility index (Phi) is 3.19. The highest BCUT2D eigenvalue weighted by Crippen LogP contribution is 2.55. The van der Waals surface area contributed by atoms with Crippen LogP contribution < -0.4 is 11.1 Å². The molecule has 2 saturated heterocycles. The number of rotatable bonds is 4. The van der Waals surface area contributed by atoms with Crippen molar-refractivity contribution in [1.82, 2.24) is 10.2 Å². The van der Waals surface area contributed by atoms with Crippen molar-refractivity contribution < 1.29 is 28.9 Å². The lowest BCUT2D eigenvalue weighted by Gasteiger charge is -2.37. The van der Waals surface area contributed by atoms with Crippen molar-refractivity contribution in [3.8, 4) is 0 Å². The molecule has 0 spiro atoms. The minimum Gasteiger partial charge on any atom is -0.505 e. The Bertz CT molecular complexity index is 798. The van der Waals surface area contributed by atoms with Crippen LogP contribution in [-0.2, 0) is 19.0 Å². The van der Waals surface area contributed by atoms with Crippen LogP contribution in [0, 0.1) is 0 Å². The van der Waals surface area contributed by atoms with Gasteiger partial charge in [-0.3, -0.25) is 4.79 Å². The number of nitrogens with zero attached hydrogens (tertiary/aromatic N) is 1. The predicted octanol–water partition coefficient (Wildman–Crippen LogP) is -0.337. The highest BCUT2D eigenvalue weighted by molar-refractivity contribution is 6.13. The van der Waals surface area contributed by atoms with Gasteiger partial charge in [0.15, 0.2) is 11.5 Å². The van der Waals surface area contributed by atoms with Crippen LogP contribution in [-0.4, -0.2) is 67.1 Å². The van der Waals surface area contributed by atoms with E-state index in [9.17, 15) is 14.7 Å². The van der Waals surface area contributed by atoms with Gasteiger partial charge < -0.3 is 35.3 Å². The molecule has 0 radical (unpaired) electrons. The van der Waals surface area contributed by atoms with Crippen LogP contribution >= 0.6 is 0 Å². The van der Waals surface area contributed by atoms with Crippen molar-refractivity contribution in [3.05, 3.63) is 33.9 Å². The number of piperazine rings is 1. The van der Waals surface area contributed by atoms with Crippen molar-refractivity contribution in [2.45, 2.75) is 24.7 Å². The summed E-state index contributed by atoms with van der Waals surface area (Å²) in [5, 5.41) is 14.0. The molecule has 9 heteroatoms. The van der Waals surface area contributed by atoms with Crippen LogP contribution in [0.15, 0.2) is 33.9 Å². The summed E-state index contributed by atoms with van der Waals surface area (Å²) in [4.78, 5) is 26.0. The first-order chi connectivity index (χ1) is 11.9. The van der Waals surface area contributed by atoms with Crippen molar-refractivity contribution in [3.63, 3.8) is 0 Å². The number of primary amides is 1. The third-order valence-electron chi connectivity index (χ3n) is 5.36. The molecule has 4 rings (SSSR count). The minimum atomic E-state index is -1.00. The largest absolute Gasteiger partial charge is 0.505 e. The molecule has 1 amide bonds. The van der Waals surface area contributed by atoms with Gasteiger partial charge in [-0.05, 0) is 6.92 Å². The van der Waals surface area contributed by atoms with Gasteiger partial charge in [0, 0.05) is 30.8 Å². The fourth-order valence-electron chi connectivity index (χ4n) is 4.27. The quantitative estimate of drug-likeness (QED) is 0.587. The summed E-state index contributed by atoms with van der Waals surface area (Å²) in [5.74, 6) is -0.359. The molecule has 9 nitrogen and oxygen atoms in total. The van der Waals surface area contributed by atoms with Crippen molar-refractivity contribution >= 4 is 11.9 Å². The lowest BCUT2D eigenvalue weighted by molar-refractivity contribution is -0.115. The van der Waals surface area contributed by atoms with Crippen molar-refractivity contribution in [2.24, 2.45) is 5.73 Å². The molecule has 0 saturated carbocycles. The van der Waals surface area contributed by atoms with E-state index in [2.05, 4.69) is 5.32 Å². The normalized spacial score (nSPS) is 32.8. The SMILES string of the molecule is COC1=C(C)C(O)=C2C(=C(COC(N)=O)[C@@]3(OC)[C@H]4N[C@H]4CN23)C1=O. The van der Waals surface area contributed by atoms with Gasteiger partial charge in [0.2, 0.25) is 5.78 Å². The van der Waals surface area contributed by atoms with E-state index < -0.39 is 11.8 Å². The summed E-state index contributed by atoms with van der Waals surface area (Å²) >= 11 is 0. The number of carbonyl (C=O) groups is 2. The maximum absolute atomic E-state index is 13.0. The molecule has 0 aromatic heterocycles. The fraction of sp³-hybridized carbons (Fsp3) is 0.500. The number of methoxy groups -OCH3 is 2. The number of aliphatic hydroxyl groups is 1. The van der Waals surface area contributed by atoms with Gasteiger partial charge in [0.05, 0.1) is 24.4 Å². The zero-order valence-electron chi connectivity index (χ0n) is 14.1.